The quantitative estimate of drug-likeness (QED) is 0.840. The number of hydrogen-bond acceptors (Lipinski definition) is 2. The third kappa shape index (κ3) is 3.07. The second-order valence-electron chi connectivity index (χ2n) is 4.94. The molecule has 0 saturated carbocycles. The Morgan fingerprint density at radius 2 is 1.90 bits per heavy atom. The Hall–Kier alpha value is -1.26. The first-order valence-electron chi connectivity index (χ1n) is 6.77. The van der Waals surface area contributed by atoms with Gasteiger partial charge in [0, 0.05) is 16.5 Å². The minimum absolute atomic E-state index is 0.222. The lowest BCUT2D eigenvalue weighted by Gasteiger charge is -2.20. The number of benzene rings is 1. The minimum atomic E-state index is -0.498. The molecule has 1 aromatic carbocycles. The first kappa shape index (κ1) is 15.1. The van der Waals surface area contributed by atoms with Crippen LogP contribution in [0.5, 0.6) is 0 Å². The van der Waals surface area contributed by atoms with E-state index in [1.807, 2.05) is 18.4 Å². The molecule has 0 aliphatic rings. The summed E-state index contributed by atoms with van der Waals surface area (Å²) in [7, 11) is 0. The molecule has 2 rings (SSSR count). The molecule has 108 valence electrons. The van der Waals surface area contributed by atoms with Crippen LogP contribution in [0.4, 0.5) is 8.78 Å². The minimum Gasteiger partial charge on any atom is -0.306 e. The van der Waals surface area contributed by atoms with Gasteiger partial charge in [0.15, 0.2) is 0 Å². The van der Waals surface area contributed by atoms with Gasteiger partial charge in [-0.05, 0) is 55.5 Å². The van der Waals surface area contributed by atoms with Crippen LogP contribution in [0.2, 0.25) is 0 Å². The highest BCUT2D eigenvalue weighted by molar-refractivity contribution is 7.10. The predicted molar refractivity (Wildman–Crippen MR) is 80.3 cm³/mol. The molecule has 1 N–H and O–H groups in total. The molecule has 0 aliphatic carbocycles. The molecule has 1 unspecified atom stereocenters. The van der Waals surface area contributed by atoms with Crippen molar-refractivity contribution >= 4 is 11.3 Å². The number of nitrogens with one attached hydrogen (secondary N) is 1. The smallest absolute Gasteiger partial charge is 0.131 e. The number of hydrogen-bond donors (Lipinski definition) is 1. The molecule has 1 heterocycles. The summed E-state index contributed by atoms with van der Waals surface area (Å²) in [5.41, 5.74) is 2.05. The lowest BCUT2D eigenvalue weighted by Crippen LogP contribution is -2.24. The maximum atomic E-state index is 14.2. The topological polar surface area (TPSA) is 12.0 Å². The summed E-state index contributed by atoms with van der Waals surface area (Å²) < 4.78 is 27.6. The summed E-state index contributed by atoms with van der Waals surface area (Å²) in [6, 6.07) is 4.37. The van der Waals surface area contributed by atoms with Crippen LogP contribution >= 0.6 is 11.3 Å². The zero-order valence-corrected chi connectivity index (χ0v) is 12.8. The fourth-order valence-electron chi connectivity index (χ4n) is 2.27. The number of aryl methyl sites for hydroxylation is 2. The second kappa shape index (κ2) is 6.46. The van der Waals surface area contributed by atoms with Crippen LogP contribution in [0.15, 0.2) is 23.6 Å². The van der Waals surface area contributed by atoms with Gasteiger partial charge in [-0.3, -0.25) is 0 Å². The number of thiophene rings is 1. The van der Waals surface area contributed by atoms with Crippen molar-refractivity contribution in [3.8, 4) is 0 Å². The van der Waals surface area contributed by atoms with E-state index in [-0.39, 0.29) is 6.04 Å². The second-order valence-corrected chi connectivity index (χ2v) is 6.06. The maximum absolute atomic E-state index is 14.2. The molecule has 20 heavy (non-hydrogen) atoms. The Kier molecular flexibility index (Phi) is 4.89. The summed E-state index contributed by atoms with van der Waals surface area (Å²) >= 11 is 1.64. The van der Waals surface area contributed by atoms with E-state index in [4.69, 9.17) is 0 Å². The Morgan fingerprint density at radius 3 is 2.50 bits per heavy atom. The van der Waals surface area contributed by atoms with Crippen LogP contribution in [0, 0.1) is 25.5 Å². The number of halogens is 2. The van der Waals surface area contributed by atoms with E-state index >= 15 is 0 Å². The predicted octanol–water partition coefficient (Wildman–Crippen LogP) is 4.73. The molecule has 0 aliphatic heterocycles. The molecule has 1 nitrogen and oxygen atoms in total. The van der Waals surface area contributed by atoms with E-state index in [0.29, 0.717) is 11.1 Å². The van der Waals surface area contributed by atoms with Crippen LogP contribution in [-0.4, -0.2) is 6.54 Å². The van der Waals surface area contributed by atoms with E-state index in [1.165, 1.54) is 0 Å². The lowest BCUT2D eigenvalue weighted by molar-refractivity contribution is 0.530. The highest BCUT2D eigenvalue weighted by atomic mass is 32.1. The van der Waals surface area contributed by atoms with Gasteiger partial charge < -0.3 is 5.32 Å². The van der Waals surface area contributed by atoms with E-state index in [9.17, 15) is 8.78 Å². The van der Waals surface area contributed by atoms with Crippen molar-refractivity contribution in [2.45, 2.75) is 33.2 Å². The Balaban J connectivity index is 2.46. The summed E-state index contributed by atoms with van der Waals surface area (Å²) in [5, 5.41) is 5.36. The first-order chi connectivity index (χ1) is 9.54. The van der Waals surface area contributed by atoms with Crippen molar-refractivity contribution in [3.05, 3.63) is 56.8 Å². The van der Waals surface area contributed by atoms with Gasteiger partial charge in [-0.1, -0.05) is 6.92 Å². The van der Waals surface area contributed by atoms with Gasteiger partial charge in [-0.2, -0.15) is 0 Å². The molecule has 4 heteroatoms. The molecule has 0 spiro atoms. The van der Waals surface area contributed by atoms with Crippen LogP contribution in [0.3, 0.4) is 0 Å². The average molecular weight is 295 g/mol. The van der Waals surface area contributed by atoms with E-state index in [1.54, 1.807) is 24.3 Å². The van der Waals surface area contributed by atoms with Crippen LogP contribution in [-0.2, 0) is 0 Å². The Labute approximate surface area is 122 Å². The van der Waals surface area contributed by atoms with Crippen LogP contribution in [0.1, 0.15) is 41.0 Å². The molecule has 0 bridgehead atoms. The Bertz CT molecular complexity index is 592. The summed E-state index contributed by atoms with van der Waals surface area (Å²) in [4.78, 5) is 1.15. The standard InChI is InChI=1S/C16H19F2NS/c1-4-6-19-16(12-5-7-20-11(12)3)13-8-10(2)14(17)9-15(13)18/h5,7-9,16,19H,4,6H2,1-3H3. The molecule has 0 fully saturated rings. The van der Waals surface area contributed by atoms with Gasteiger partial charge in [-0.15, -0.1) is 11.3 Å². The van der Waals surface area contributed by atoms with Crippen molar-refractivity contribution in [3.63, 3.8) is 0 Å². The van der Waals surface area contributed by atoms with Crippen molar-refractivity contribution in [1.29, 1.82) is 0 Å². The highest BCUT2D eigenvalue weighted by Gasteiger charge is 2.21. The molecule has 1 atom stereocenters. The fraction of sp³-hybridized carbons (Fsp3) is 0.375. The normalized spacial score (nSPS) is 12.7. The van der Waals surface area contributed by atoms with Crippen molar-refractivity contribution in [2.24, 2.45) is 0 Å². The van der Waals surface area contributed by atoms with Gasteiger partial charge in [0.1, 0.15) is 11.6 Å². The average Bonchev–Trinajstić information content (AvgIpc) is 2.82. The SMILES string of the molecule is CCCNC(c1cc(C)c(F)cc1F)c1ccsc1C. The molecule has 0 amide bonds. The van der Waals surface area contributed by atoms with Crippen molar-refractivity contribution in [1.82, 2.24) is 5.32 Å². The zero-order chi connectivity index (χ0) is 14.7. The molecular weight excluding hydrogens is 276 g/mol. The van der Waals surface area contributed by atoms with E-state index in [0.717, 1.165) is 29.5 Å². The third-order valence-corrected chi connectivity index (χ3v) is 4.26. The molecule has 0 saturated heterocycles. The van der Waals surface area contributed by atoms with Gasteiger partial charge >= 0.3 is 0 Å². The molecular formula is C16H19F2NS. The monoisotopic (exact) mass is 295 g/mol. The molecule has 2 aromatic rings. The van der Waals surface area contributed by atoms with E-state index in [2.05, 4.69) is 12.2 Å². The van der Waals surface area contributed by atoms with Gasteiger partial charge in [0.2, 0.25) is 0 Å². The van der Waals surface area contributed by atoms with Gasteiger partial charge in [0.05, 0.1) is 6.04 Å². The summed E-state index contributed by atoms with van der Waals surface area (Å²) in [6.07, 6.45) is 0.960. The maximum Gasteiger partial charge on any atom is 0.131 e. The number of rotatable bonds is 5. The Morgan fingerprint density at radius 1 is 1.15 bits per heavy atom. The highest BCUT2D eigenvalue weighted by Crippen LogP contribution is 2.30. The summed E-state index contributed by atoms with van der Waals surface area (Å²) in [5.74, 6) is -0.991. The van der Waals surface area contributed by atoms with Crippen LogP contribution < -0.4 is 5.32 Å². The van der Waals surface area contributed by atoms with E-state index < -0.39 is 11.6 Å². The zero-order valence-electron chi connectivity index (χ0n) is 12.0. The van der Waals surface area contributed by atoms with Crippen molar-refractivity contribution < 1.29 is 8.78 Å². The third-order valence-electron chi connectivity index (χ3n) is 3.40. The van der Waals surface area contributed by atoms with Crippen LogP contribution in [0.25, 0.3) is 0 Å². The van der Waals surface area contributed by atoms with Gasteiger partial charge in [-0.25, -0.2) is 8.78 Å². The molecule has 0 radical (unpaired) electrons. The lowest BCUT2D eigenvalue weighted by atomic mass is 9.97. The largest absolute Gasteiger partial charge is 0.306 e. The first-order valence-corrected chi connectivity index (χ1v) is 7.65. The molecule has 1 aromatic heterocycles. The summed E-state index contributed by atoms with van der Waals surface area (Å²) in [6.45, 7) is 6.54. The van der Waals surface area contributed by atoms with Gasteiger partial charge in [0.25, 0.3) is 0 Å². The van der Waals surface area contributed by atoms with Crippen molar-refractivity contribution in [2.75, 3.05) is 6.54 Å². The fourth-order valence-corrected chi connectivity index (χ4v) is 3.01.